The molecule has 0 aliphatic carbocycles. The van der Waals surface area contributed by atoms with Gasteiger partial charge in [0.1, 0.15) is 11.6 Å². The molecule has 1 heterocycles. The van der Waals surface area contributed by atoms with E-state index in [1.54, 1.807) is 19.0 Å². The van der Waals surface area contributed by atoms with Crippen LogP contribution in [0.4, 0.5) is 14.5 Å². The number of piperazine rings is 1. The van der Waals surface area contributed by atoms with Crippen LogP contribution in [0.2, 0.25) is 0 Å². The molecule has 3 rings (SSSR count). The summed E-state index contributed by atoms with van der Waals surface area (Å²) < 4.78 is 27.6. The molecule has 32 heavy (non-hydrogen) atoms. The van der Waals surface area contributed by atoms with Crippen LogP contribution in [-0.2, 0) is 6.42 Å². The molecule has 1 saturated heterocycles. The van der Waals surface area contributed by atoms with Gasteiger partial charge in [-0.05, 0) is 43.2 Å². The fraction of sp³-hybridized carbons (Fsp3) is 0.417. The highest BCUT2D eigenvalue weighted by Crippen LogP contribution is 2.22. The Labute approximate surface area is 188 Å². The number of hydrogen-bond donors (Lipinski definition) is 1. The minimum absolute atomic E-state index is 0.0173. The van der Waals surface area contributed by atoms with E-state index in [-0.39, 0.29) is 5.91 Å². The van der Waals surface area contributed by atoms with E-state index in [2.05, 4.69) is 10.2 Å². The molecule has 1 amide bonds. The van der Waals surface area contributed by atoms with E-state index in [4.69, 9.17) is 4.99 Å². The minimum Gasteiger partial charge on any atom is -0.366 e. The molecule has 0 bridgehead atoms. The third-order valence-electron chi connectivity index (χ3n) is 5.41. The second-order valence-corrected chi connectivity index (χ2v) is 7.96. The highest BCUT2D eigenvalue weighted by molar-refractivity contribution is 5.94. The van der Waals surface area contributed by atoms with Gasteiger partial charge in [0.25, 0.3) is 5.91 Å². The van der Waals surface area contributed by atoms with Gasteiger partial charge in [0, 0.05) is 65.0 Å². The number of benzene rings is 2. The van der Waals surface area contributed by atoms with E-state index in [1.807, 2.05) is 36.1 Å². The van der Waals surface area contributed by atoms with Crippen LogP contribution in [0.5, 0.6) is 0 Å². The summed E-state index contributed by atoms with van der Waals surface area (Å²) in [5, 5.41) is 3.32. The van der Waals surface area contributed by atoms with Gasteiger partial charge in [-0.2, -0.15) is 0 Å². The lowest BCUT2D eigenvalue weighted by Crippen LogP contribution is -2.52. The average Bonchev–Trinajstić information content (AvgIpc) is 2.80. The fourth-order valence-corrected chi connectivity index (χ4v) is 3.72. The highest BCUT2D eigenvalue weighted by Gasteiger charge is 2.22. The zero-order valence-electron chi connectivity index (χ0n) is 18.9. The van der Waals surface area contributed by atoms with Crippen molar-refractivity contribution in [2.45, 2.75) is 13.3 Å². The van der Waals surface area contributed by atoms with Crippen LogP contribution in [0.1, 0.15) is 22.8 Å². The normalized spacial score (nSPS) is 14.5. The first-order chi connectivity index (χ1) is 15.4. The quantitative estimate of drug-likeness (QED) is 0.551. The van der Waals surface area contributed by atoms with Crippen molar-refractivity contribution in [2.24, 2.45) is 4.99 Å². The summed E-state index contributed by atoms with van der Waals surface area (Å²) in [7, 11) is 3.48. The Balaban J connectivity index is 1.60. The van der Waals surface area contributed by atoms with Crippen molar-refractivity contribution in [2.75, 3.05) is 58.3 Å². The number of amides is 1. The molecule has 2 aromatic carbocycles. The third kappa shape index (κ3) is 5.96. The summed E-state index contributed by atoms with van der Waals surface area (Å²) in [5.74, 6) is -0.0471. The van der Waals surface area contributed by atoms with Crippen LogP contribution in [0.3, 0.4) is 0 Å². The summed E-state index contributed by atoms with van der Waals surface area (Å²) in [6.45, 7) is 5.83. The van der Waals surface area contributed by atoms with E-state index in [0.717, 1.165) is 30.6 Å². The van der Waals surface area contributed by atoms with Crippen LogP contribution in [0, 0.1) is 11.6 Å². The minimum atomic E-state index is -0.435. The van der Waals surface area contributed by atoms with E-state index in [9.17, 15) is 13.6 Å². The maximum Gasteiger partial charge on any atom is 0.253 e. The van der Waals surface area contributed by atoms with Crippen molar-refractivity contribution in [3.63, 3.8) is 0 Å². The molecule has 0 radical (unpaired) electrons. The lowest BCUT2D eigenvalue weighted by molar-refractivity contribution is 0.0827. The van der Waals surface area contributed by atoms with Crippen molar-refractivity contribution < 1.29 is 13.6 Å². The van der Waals surface area contributed by atoms with Crippen LogP contribution < -0.4 is 10.2 Å². The van der Waals surface area contributed by atoms with Crippen LogP contribution >= 0.6 is 0 Å². The molecule has 1 N–H and O–H groups in total. The summed E-state index contributed by atoms with van der Waals surface area (Å²) in [6, 6.07) is 11.2. The van der Waals surface area contributed by atoms with Crippen LogP contribution in [0.25, 0.3) is 0 Å². The van der Waals surface area contributed by atoms with Crippen molar-refractivity contribution in [3.8, 4) is 0 Å². The number of nitrogens with one attached hydrogen (secondary N) is 1. The molecule has 1 fully saturated rings. The fourth-order valence-electron chi connectivity index (χ4n) is 3.72. The predicted molar refractivity (Wildman–Crippen MR) is 124 cm³/mol. The summed E-state index contributed by atoms with van der Waals surface area (Å²) in [5.41, 5.74) is 2.03. The molecule has 8 heteroatoms. The molecule has 6 nitrogen and oxygen atoms in total. The van der Waals surface area contributed by atoms with E-state index >= 15 is 0 Å². The molecular formula is C24H31F2N5O. The highest BCUT2D eigenvalue weighted by atomic mass is 19.1. The zero-order chi connectivity index (χ0) is 23.1. The molecule has 0 atom stereocenters. The number of halogens is 2. The lowest BCUT2D eigenvalue weighted by atomic mass is 10.1. The Morgan fingerprint density at radius 3 is 2.53 bits per heavy atom. The molecule has 2 aromatic rings. The Bertz CT molecular complexity index is 955. The molecule has 172 valence electrons. The molecule has 0 saturated carbocycles. The van der Waals surface area contributed by atoms with Crippen LogP contribution in [-0.4, -0.2) is 75.0 Å². The Hall–Kier alpha value is -3.16. The van der Waals surface area contributed by atoms with Crippen molar-refractivity contribution in [3.05, 3.63) is 65.2 Å². The zero-order valence-corrected chi connectivity index (χ0v) is 18.9. The predicted octanol–water partition coefficient (Wildman–Crippen LogP) is 3.00. The van der Waals surface area contributed by atoms with Crippen molar-refractivity contribution in [1.82, 2.24) is 15.1 Å². The molecule has 1 aliphatic heterocycles. The monoisotopic (exact) mass is 443 g/mol. The third-order valence-corrected chi connectivity index (χ3v) is 5.41. The number of hydrogen-bond acceptors (Lipinski definition) is 3. The SMILES string of the molecule is CCNC(=NCCc1cccc(C(=O)N(C)C)c1)N1CCN(c2cc(F)ccc2F)CC1. The van der Waals surface area contributed by atoms with Gasteiger partial charge in [-0.3, -0.25) is 9.79 Å². The first-order valence-electron chi connectivity index (χ1n) is 10.9. The summed E-state index contributed by atoms with van der Waals surface area (Å²) >= 11 is 0. The average molecular weight is 444 g/mol. The smallest absolute Gasteiger partial charge is 0.253 e. The van der Waals surface area contributed by atoms with Gasteiger partial charge in [-0.15, -0.1) is 0 Å². The first-order valence-corrected chi connectivity index (χ1v) is 10.9. The van der Waals surface area contributed by atoms with Gasteiger partial charge in [-0.1, -0.05) is 12.1 Å². The number of aliphatic imine (C=N–C) groups is 1. The lowest BCUT2D eigenvalue weighted by Gasteiger charge is -2.37. The Kier molecular flexibility index (Phi) is 8.03. The second-order valence-electron chi connectivity index (χ2n) is 7.96. The maximum absolute atomic E-state index is 14.1. The van der Waals surface area contributed by atoms with Crippen molar-refractivity contribution in [1.29, 1.82) is 0 Å². The number of rotatable bonds is 6. The van der Waals surface area contributed by atoms with Gasteiger partial charge in [0.2, 0.25) is 0 Å². The van der Waals surface area contributed by atoms with Gasteiger partial charge in [0.05, 0.1) is 5.69 Å². The number of nitrogens with zero attached hydrogens (tertiary/aromatic N) is 4. The molecular weight excluding hydrogens is 412 g/mol. The molecule has 0 unspecified atom stereocenters. The van der Waals surface area contributed by atoms with Crippen molar-refractivity contribution >= 4 is 17.6 Å². The maximum atomic E-state index is 14.1. The standard InChI is InChI=1S/C24H31F2N5O/c1-4-27-24(28-11-10-18-6-5-7-19(16-18)23(32)29(2)3)31-14-12-30(13-15-31)22-17-20(25)8-9-21(22)26/h5-9,16-17H,4,10-15H2,1-3H3,(H,27,28). The summed E-state index contributed by atoms with van der Waals surface area (Å²) in [4.78, 5) is 22.5. The second kappa shape index (κ2) is 10.9. The largest absolute Gasteiger partial charge is 0.366 e. The molecule has 0 aromatic heterocycles. The van der Waals surface area contributed by atoms with Gasteiger partial charge < -0.3 is 20.0 Å². The molecule has 0 spiro atoms. The first kappa shape index (κ1) is 23.5. The summed E-state index contributed by atoms with van der Waals surface area (Å²) in [6.07, 6.45) is 0.720. The Morgan fingerprint density at radius 2 is 1.84 bits per heavy atom. The molecule has 1 aliphatic rings. The van der Waals surface area contributed by atoms with E-state index in [0.29, 0.717) is 44.0 Å². The number of carbonyl (C=O) groups is 1. The number of carbonyl (C=O) groups excluding carboxylic acids is 1. The van der Waals surface area contributed by atoms with Gasteiger partial charge >= 0.3 is 0 Å². The topological polar surface area (TPSA) is 51.2 Å². The number of anilines is 1. The Morgan fingerprint density at radius 1 is 1.09 bits per heavy atom. The van der Waals surface area contributed by atoms with E-state index < -0.39 is 11.6 Å². The number of guanidine groups is 1. The van der Waals surface area contributed by atoms with Crippen LogP contribution in [0.15, 0.2) is 47.5 Å². The van der Waals surface area contributed by atoms with Gasteiger partial charge in [-0.25, -0.2) is 8.78 Å². The van der Waals surface area contributed by atoms with Gasteiger partial charge in [0.15, 0.2) is 5.96 Å². The van der Waals surface area contributed by atoms with E-state index in [1.165, 1.54) is 12.1 Å².